The predicted molar refractivity (Wildman–Crippen MR) is 67.4 cm³/mol. The highest BCUT2D eigenvalue weighted by Gasteiger charge is 2.38. The third-order valence-electron chi connectivity index (χ3n) is 4.63. The van der Waals surface area contributed by atoms with E-state index < -0.39 is 0 Å². The van der Waals surface area contributed by atoms with Crippen molar-refractivity contribution in [3.05, 3.63) is 0 Å². The van der Waals surface area contributed by atoms with Crippen LogP contribution < -0.4 is 0 Å². The normalized spacial score (nSPS) is 21.8. The molecule has 16 heavy (non-hydrogen) atoms. The van der Waals surface area contributed by atoms with Crippen LogP contribution in [0, 0.1) is 11.3 Å². The first kappa shape index (κ1) is 12.4. The Morgan fingerprint density at radius 1 is 1.12 bits per heavy atom. The molecule has 2 saturated carbocycles. The van der Waals surface area contributed by atoms with Crippen LogP contribution in [0.4, 0.5) is 0 Å². The van der Waals surface area contributed by atoms with Gasteiger partial charge in [-0.15, -0.1) is 0 Å². The van der Waals surface area contributed by atoms with Gasteiger partial charge in [-0.25, -0.2) is 0 Å². The van der Waals surface area contributed by atoms with Gasteiger partial charge in [-0.05, 0) is 44.4 Å². The molecule has 2 fully saturated rings. The zero-order chi connectivity index (χ0) is 11.6. The second-order valence-corrected chi connectivity index (χ2v) is 5.97. The quantitative estimate of drug-likeness (QED) is 0.686. The molecule has 2 rings (SSSR count). The van der Waals surface area contributed by atoms with Gasteiger partial charge >= 0.3 is 0 Å². The Morgan fingerprint density at radius 2 is 1.75 bits per heavy atom. The van der Waals surface area contributed by atoms with E-state index in [-0.39, 0.29) is 5.41 Å². The molecule has 0 atom stereocenters. The molecule has 0 aromatic carbocycles. The van der Waals surface area contributed by atoms with E-state index in [1.54, 1.807) is 0 Å². The molecule has 0 saturated heterocycles. The lowest BCUT2D eigenvalue weighted by molar-refractivity contribution is 0.0603. The van der Waals surface area contributed by atoms with Crippen LogP contribution in [-0.4, -0.2) is 35.7 Å². The Hall–Kier alpha value is -0.0800. The fourth-order valence-electron chi connectivity index (χ4n) is 2.59. The van der Waals surface area contributed by atoms with Gasteiger partial charge in [0.1, 0.15) is 0 Å². The summed E-state index contributed by atoms with van der Waals surface area (Å²) in [7, 11) is 0. The van der Waals surface area contributed by atoms with Crippen molar-refractivity contribution in [1.29, 1.82) is 0 Å². The SMILES string of the molecule is CCC(CC)(CO)CN(CC1CC1)C1CC1. The summed E-state index contributed by atoms with van der Waals surface area (Å²) >= 11 is 0. The first-order valence-electron chi connectivity index (χ1n) is 7.08. The molecule has 0 amide bonds. The van der Waals surface area contributed by atoms with Crippen LogP contribution in [0.1, 0.15) is 52.4 Å². The van der Waals surface area contributed by atoms with Crippen LogP contribution in [0.2, 0.25) is 0 Å². The molecule has 0 radical (unpaired) electrons. The summed E-state index contributed by atoms with van der Waals surface area (Å²) in [6.07, 6.45) is 7.87. The lowest BCUT2D eigenvalue weighted by Crippen LogP contribution is -2.41. The minimum atomic E-state index is 0.164. The first-order valence-corrected chi connectivity index (χ1v) is 7.08. The van der Waals surface area contributed by atoms with Crippen molar-refractivity contribution in [2.75, 3.05) is 19.7 Å². The molecule has 1 N–H and O–H groups in total. The van der Waals surface area contributed by atoms with Gasteiger partial charge in [0.2, 0.25) is 0 Å². The molecule has 94 valence electrons. The Labute approximate surface area is 100 Å². The lowest BCUT2D eigenvalue weighted by atomic mass is 9.82. The minimum absolute atomic E-state index is 0.164. The molecule has 0 unspecified atom stereocenters. The van der Waals surface area contributed by atoms with Crippen molar-refractivity contribution in [3.8, 4) is 0 Å². The van der Waals surface area contributed by atoms with Crippen molar-refractivity contribution in [1.82, 2.24) is 4.90 Å². The van der Waals surface area contributed by atoms with E-state index >= 15 is 0 Å². The van der Waals surface area contributed by atoms with Gasteiger partial charge in [-0.2, -0.15) is 0 Å². The zero-order valence-corrected chi connectivity index (χ0v) is 10.9. The number of aliphatic hydroxyl groups excluding tert-OH is 1. The van der Waals surface area contributed by atoms with Crippen LogP contribution in [0.25, 0.3) is 0 Å². The van der Waals surface area contributed by atoms with E-state index in [4.69, 9.17) is 0 Å². The lowest BCUT2D eigenvalue weighted by Gasteiger charge is -2.36. The Bertz CT molecular complexity index is 209. The molecule has 0 bridgehead atoms. The van der Waals surface area contributed by atoms with Crippen LogP contribution in [0.3, 0.4) is 0 Å². The van der Waals surface area contributed by atoms with Crippen LogP contribution in [-0.2, 0) is 0 Å². The average Bonchev–Trinajstić information content (AvgIpc) is 3.17. The first-order chi connectivity index (χ1) is 7.73. The smallest absolute Gasteiger partial charge is 0.0499 e. The van der Waals surface area contributed by atoms with Crippen LogP contribution in [0.15, 0.2) is 0 Å². The van der Waals surface area contributed by atoms with E-state index in [0.717, 1.165) is 31.3 Å². The number of hydrogen-bond acceptors (Lipinski definition) is 2. The molecule has 2 nitrogen and oxygen atoms in total. The summed E-state index contributed by atoms with van der Waals surface area (Å²) in [5.41, 5.74) is 0.164. The van der Waals surface area contributed by atoms with E-state index in [1.165, 1.54) is 32.2 Å². The highest BCUT2D eigenvalue weighted by molar-refractivity contribution is 4.92. The monoisotopic (exact) mass is 225 g/mol. The summed E-state index contributed by atoms with van der Waals surface area (Å²) in [4.78, 5) is 2.68. The topological polar surface area (TPSA) is 23.5 Å². The van der Waals surface area contributed by atoms with Crippen molar-refractivity contribution in [3.63, 3.8) is 0 Å². The van der Waals surface area contributed by atoms with E-state index in [0.29, 0.717) is 6.61 Å². The third kappa shape index (κ3) is 2.98. The summed E-state index contributed by atoms with van der Waals surface area (Å²) < 4.78 is 0. The summed E-state index contributed by atoms with van der Waals surface area (Å²) in [6.45, 7) is 7.22. The van der Waals surface area contributed by atoms with Crippen LogP contribution in [0.5, 0.6) is 0 Å². The molecule has 0 spiro atoms. The second-order valence-electron chi connectivity index (χ2n) is 5.97. The molecule has 0 aliphatic heterocycles. The van der Waals surface area contributed by atoms with Gasteiger partial charge in [0.25, 0.3) is 0 Å². The van der Waals surface area contributed by atoms with Gasteiger partial charge in [-0.3, -0.25) is 4.90 Å². The van der Waals surface area contributed by atoms with Gasteiger partial charge in [0, 0.05) is 31.2 Å². The predicted octanol–water partition coefficient (Wildman–Crippen LogP) is 2.66. The van der Waals surface area contributed by atoms with E-state index in [1.807, 2.05) is 0 Å². The molecule has 2 aliphatic carbocycles. The second kappa shape index (κ2) is 5.05. The van der Waals surface area contributed by atoms with E-state index in [2.05, 4.69) is 18.7 Å². The maximum absolute atomic E-state index is 9.65. The van der Waals surface area contributed by atoms with Gasteiger partial charge in [0.05, 0.1) is 0 Å². The zero-order valence-electron chi connectivity index (χ0n) is 10.9. The number of hydrogen-bond donors (Lipinski definition) is 1. The molecule has 0 heterocycles. The summed E-state index contributed by atoms with van der Waals surface area (Å²) in [6, 6.07) is 0.852. The Morgan fingerprint density at radius 3 is 2.12 bits per heavy atom. The molecular weight excluding hydrogens is 198 g/mol. The van der Waals surface area contributed by atoms with Crippen molar-refractivity contribution in [2.45, 2.75) is 58.4 Å². The van der Waals surface area contributed by atoms with E-state index in [9.17, 15) is 5.11 Å². The molecule has 0 aromatic rings. The highest BCUT2D eigenvalue weighted by atomic mass is 16.3. The Kier molecular flexibility index (Phi) is 3.91. The highest BCUT2D eigenvalue weighted by Crippen LogP contribution is 2.38. The maximum Gasteiger partial charge on any atom is 0.0499 e. The number of nitrogens with zero attached hydrogens (tertiary/aromatic N) is 1. The standard InChI is InChI=1S/C14H27NO/c1-3-14(4-2,11-16)10-15(13-7-8-13)9-12-5-6-12/h12-13,16H,3-11H2,1-2H3. The summed E-state index contributed by atoms with van der Waals surface area (Å²) in [5.74, 6) is 0.978. The minimum Gasteiger partial charge on any atom is -0.396 e. The fraction of sp³-hybridized carbons (Fsp3) is 1.00. The Balaban J connectivity index is 1.90. The van der Waals surface area contributed by atoms with Gasteiger partial charge < -0.3 is 5.11 Å². The fourth-order valence-corrected chi connectivity index (χ4v) is 2.59. The molecule has 0 aromatic heterocycles. The van der Waals surface area contributed by atoms with Gasteiger partial charge in [-0.1, -0.05) is 13.8 Å². The van der Waals surface area contributed by atoms with Crippen molar-refractivity contribution >= 4 is 0 Å². The maximum atomic E-state index is 9.65. The van der Waals surface area contributed by atoms with Crippen LogP contribution >= 0.6 is 0 Å². The number of aliphatic hydroxyl groups is 1. The van der Waals surface area contributed by atoms with Gasteiger partial charge in [0.15, 0.2) is 0 Å². The average molecular weight is 225 g/mol. The number of rotatable bonds is 8. The van der Waals surface area contributed by atoms with Crippen molar-refractivity contribution < 1.29 is 5.11 Å². The summed E-state index contributed by atoms with van der Waals surface area (Å²) in [5, 5.41) is 9.65. The third-order valence-corrected chi connectivity index (χ3v) is 4.63. The molecule has 2 heteroatoms. The van der Waals surface area contributed by atoms with Crippen molar-refractivity contribution in [2.24, 2.45) is 11.3 Å². The largest absolute Gasteiger partial charge is 0.396 e. The molecule has 2 aliphatic rings. The molecular formula is C14H27NO.